The average molecular weight is 536 g/mol. The fourth-order valence-electron chi connectivity index (χ4n) is 3.32. The first kappa shape index (κ1) is 23.7. The Bertz CT molecular complexity index is 776. The zero-order chi connectivity index (χ0) is 19.9. The van der Waals surface area contributed by atoms with Gasteiger partial charge in [0.15, 0.2) is 5.96 Å². The van der Waals surface area contributed by atoms with Gasteiger partial charge in [-0.15, -0.1) is 24.0 Å². The number of alkyl halides is 2. The molecule has 9 heteroatoms. The lowest BCUT2D eigenvalue weighted by Crippen LogP contribution is -2.45. The molecule has 2 unspecified atom stereocenters. The van der Waals surface area contributed by atoms with E-state index >= 15 is 0 Å². The van der Waals surface area contributed by atoms with Gasteiger partial charge in [0.25, 0.3) is 0 Å². The van der Waals surface area contributed by atoms with Gasteiger partial charge in [0, 0.05) is 32.7 Å². The number of nitrogens with zero attached hydrogens (tertiary/aromatic N) is 2. The highest BCUT2D eigenvalue weighted by Gasteiger charge is 2.26. The van der Waals surface area contributed by atoms with Crippen molar-refractivity contribution in [1.29, 1.82) is 0 Å². The van der Waals surface area contributed by atoms with Gasteiger partial charge in [0.05, 0.1) is 5.69 Å². The van der Waals surface area contributed by atoms with Crippen molar-refractivity contribution in [3.8, 4) is 5.75 Å². The molecular formula is C20H27F2IN4OS. The van der Waals surface area contributed by atoms with Gasteiger partial charge in [-0.2, -0.15) is 20.1 Å². The van der Waals surface area contributed by atoms with Crippen molar-refractivity contribution in [3.05, 3.63) is 46.7 Å². The second kappa shape index (κ2) is 11.5. The van der Waals surface area contributed by atoms with Gasteiger partial charge in [-0.1, -0.05) is 19.1 Å². The number of guanidine groups is 1. The molecule has 0 amide bonds. The van der Waals surface area contributed by atoms with Crippen molar-refractivity contribution < 1.29 is 13.5 Å². The van der Waals surface area contributed by atoms with Gasteiger partial charge < -0.3 is 20.3 Å². The van der Waals surface area contributed by atoms with Gasteiger partial charge in [-0.25, -0.2) is 0 Å². The van der Waals surface area contributed by atoms with E-state index in [2.05, 4.69) is 49.0 Å². The van der Waals surface area contributed by atoms with E-state index in [0.717, 1.165) is 25.5 Å². The first-order valence-electron chi connectivity index (χ1n) is 9.35. The molecule has 29 heavy (non-hydrogen) atoms. The predicted octanol–water partition coefficient (Wildman–Crippen LogP) is 4.51. The maximum absolute atomic E-state index is 12.7. The minimum atomic E-state index is -2.83. The predicted molar refractivity (Wildman–Crippen MR) is 126 cm³/mol. The molecule has 0 saturated carbocycles. The van der Waals surface area contributed by atoms with Crippen LogP contribution in [0.2, 0.25) is 0 Å². The third-order valence-electron chi connectivity index (χ3n) is 4.86. The third kappa shape index (κ3) is 6.70. The highest BCUT2D eigenvalue weighted by atomic mass is 127. The van der Waals surface area contributed by atoms with E-state index in [0.29, 0.717) is 18.2 Å². The summed E-state index contributed by atoms with van der Waals surface area (Å²) in [6.07, 6.45) is 0.893. The zero-order valence-electron chi connectivity index (χ0n) is 16.5. The van der Waals surface area contributed by atoms with Crippen molar-refractivity contribution in [1.82, 2.24) is 10.6 Å². The number of anilines is 1. The van der Waals surface area contributed by atoms with Crippen LogP contribution in [-0.4, -0.2) is 45.3 Å². The van der Waals surface area contributed by atoms with Crippen LogP contribution in [0.3, 0.4) is 0 Å². The number of ether oxygens (including phenoxy) is 1. The van der Waals surface area contributed by atoms with E-state index in [4.69, 9.17) is 0 Å². The summed E-state index contributed by atoms with van der Waals surface area (Å²) in [7, 11) is 1.75. The third-order valence-corrected chi connectivity index (χ3v) is 5.56. The van der Waals surface area contributed by atoms with E-state index < -0.39 is 6.61 Å². The van der Waals surface area contributed by atoms with Crippen LogP contribution in [0.4, 0.5) is 14.5 Å². The molecule has 1 aliphatic heterocycles. The lowest BCUT2D eigenvalue weighted by atomic mass is 10.1. The molecule has 5 nitrogen and oxygen atoms in total. The average Bonchev–Trinajstić information content (AvgIpc) is 3.37. The molecule has 1 fully saturated rings. The zero-order valence-corrected chi connectivity index (χ0v) is 19.6. The first-order chi connectivity index (χ1) is 13.6. The molecule has 0 radical (unpaired) electrons. The number of hydrogen-bond acceptors (Lipinski definition) is 4. The second-order valence-electron chi connectivity index (χ2n) is 6.83. The topological polar surface area (TPSA) is 48.9 Å². The van der Waals surface area contributed by atoms with Gasteiger partial charge in [0.1, 0.15) is 5.75 Å². The van der Waals surface area contributed by atoms with E-state index in [1.54, 1.807) is 30.5 Å². The van der Waals surface area contributed by atoms with E-state index in [1.807, 2.05) is 12.1 Å². The van der Waals surface area contributed by atoms with Crippen LogP contribution in [0, 0.1) is 0 Å². The Labute approximate surface area is 191 Å². The molecule has 0 bridgehead atoms. The van der Waals surface area contributed by atoms with Crippen molar-refractivity contribution in [2.24, 2.45) is 4.99 Å². The van der Waals surface area contributed by atoms with E-state index in [9.17, 15) is 8.78 Å². The summed E-state index contributed by atoms with van der Waals surface area (Å²) >= 11 is 1.70. The maximum Gasteiger partial charge on any atom is 0.387 e. The Morgan fingerprint density at radius 2 is 2.14 bits per heavy atom. The monoisotopic (exact) mass is 536 g/mol. The molecule has 2 atom stereocenters. The highest BCUT2D eigenvalue weighted by Crippen LogP contribution is 2.31. The Balaban J connectivity index is 0.00000300. The molecule has 1 aliphatic rings. The molecule has 1 aromatic carbocycles. The number of rotatable bonds is 7. The quantitative estimate of drug-likeness (QED) is 0.311. The van der Waals surface area contributed by atoms with Crippen LogP contribution in [0.5, 0.6) is 5.75 Å². The molecule has 2 N–H and O–H groups in total. The summed E-state index contributed by atoms with van der Waals surface area (Å²) < 4.78 is 30.0. The van der Waals surface area contributed by atoms with Gasteiger partial charge in [0.2, 0.25) is 0 Å². The van der Waals surface area contributed by atoms with Crippen LogP contribution >= 0.6 is 35.3 Å². The number of halogens is 3. The molecule has 0 spiro atoms. The number of hydrogen-bond donors (Lipinski definition) is 2. The summed E-state index contributed by atoms with van der Waals surface area (Å²) in [6, 6.07) is 9.25. The Morgan fingerprint density at radius 3 is 2.83 bits per heavy atom. The smallest absolute Gasteiger partial charge is 0.387 e. The van der Waals surface area contributed by atoms with Crippen molar-refractivity contribution in [2.75, 3.05) is 31.6 Å². The Morgan fingerprint density at radius 1 is 1.34 bits per heavy atom. The standard InChI is InChI=1S/C20H26F2N4OS.HI/c1-14(15-8-10-28-13-15)11-24-20(23-2)25-16-7-9-26(12-16)17-5-3-4-6-18(17)27-19(21)22;/h3-6,8,10,13-14,16,19H,7,9,11-12H2,1-2H3,(H2,23,24,25);1H. The molecular weight excluding hydrogens is 509 g/mol. The first-order valence-corrected chi connectivity index (χ1v) is 10.3. The van der Waals surface area contributed by atoms with Gasteiger partial charge in [-0.05, 0) is 46.9 Å². The molecule has 160 valence electrons. The highest BCUT2D eigenvalue weighted by molar-refractivity contribution is 14.0. The molecule has 1 saturated heterocycles. The van der Waals surface area contributed by atoms with Crippen molar-refractivity contribution in [3.63, 3.8) is 0 Å². The molecule has 1 aromatic heterocycles. The van der Waals surface area contributed by atoms with E-state index in [-0.39, 0.29) is 35.8 Å². The van der Waals surface area contributed by atoms with Crippen LogP contribution in [0.15, 0.2) is 46.1 Å². The maximum atomic E-state index is 12.7. The lowest BCUT2D eigenvalue weighted by Gasteiger charge is -2.23. The van der Waals surface area contributed by atoms with Crippen LogP contribution in [0.25, 0.3) is 0 Å². The van der Waals surface area contributed by atoms with Crippen molar-refractivity contribution >= 4 is 47.0 Å². The number of aliphatic imine (C=N–C) groups is 1. The van der Waals surface area contributed by atoms with E-state index in [1.165, 1.54) is 5.56 Å². The summed E-state index contributed by atoms with van der Waals surface area (Å²) in [4.78, 5) is 6.38. The number of benzene rings is 1. The summed E-state index contributed by atoms with van der Waals surface area (Å²) in [5.74, 6) is 1.36. The number of para-hydroxylation sites is 2. The molecule has 3 rings (SSSR count). The number of thiophene rings is 1. The molecule has 2 aromatic rings. The SMILES string of the molecule is CN=C(NCC(C)c1ccsc1)NC1CCN(c2ccccc2OC(F)F)C1.I. The summed E-state index contributed by atoms with van der Waals surface area (Å²) in [5.41, 5.74) is 2.01. The van der Waals surface area contributed by atoms with Crippen LogP contribution in [0.1, 0.15) is 24.8 Å². The van der Waals surface area contributed by atoms with Crippen LogP contribution < -0.4 is 20.3 Å². The van der Waals surface area contributed by atoms with Crippen LogP contribution in [-0.2, 0) is 0 Å². The molecule has 0 aliphatic carbocycles. The number of nitrogens with one attached hydrogen (secondary N) is 2. The Hall–Kier alpha value is -1.62. The van der Waals surface area contributed by atoms with Gasteiger partial charge in [-0.3, -0.25) is 4.99 Å². The van der Waals surface area contributed by atoms with Crippen molar-refractivity contribution in [2.45, 2.75) is 31.9 Å². The minimum absolute atomic E-state index is 0. The molecule has 2 heterocycles. The fraction of sp³-hybridized carbons (Fsp3) is 0.450. The Kier molecular flexibility index (Phi) is 9.41. The summed E-state index contributed by atoms with van der Waals surface area (Å²) in [5, 5.41) is 11.1. The minimum Gasteiger partial charge on any atom is -0.433 e. The lowest BCUT2D eigenvalue weighted by molar-refractivity contribution is -0.0495. The largest absolute Gasteiger partial charge is 0.433 e. The van der Waals surface area contributed by atoms with Gasteiger partial charge >= 0.3 is 6.61 Å². The second-order valence-corrected chi connectivity index (χ2v) is 7.61. The fourth-order valence-corrected chi connectivity index (χ4v) is 4.10. The summed E-state index contributed by atoms with van der Waals surface area (Å²) in [6.45, 7) is 1.61. The normalized spacial score (nSPS) is 17.8.